The second-order valence-electron chi connectivity index (χ2n) is 7.96. The average molecular weight is 410 g/mol. The van der Waals surface area contributed by atoms with E-state index in [1.54, 1.807) is 29.8 Å². The highest BCUT2D eigenvalue weighted by atomic mass is 19.1. The molecule has 1 aliphatic heterocycles. The maximum Gasteiger partial charge on any atom is 0.258 e. The van der Waals surface area contributed by atoms with Crippen LogP contribution in [0.3, 0.4) is 0 Å². The average Bonchev–Trinajstić information content (AvgIpc) is 3.11. The molecule has 4 aromatic heterocycles. The summed E-state index contributed by atoms with van der Waals surface area (Å²) in [5.41, 5.74) is 0.0610. The predicted molar refractivity (Wildman–Crippen MR) is 109 cm³/mol. The van der Waals surface area contributed by atoms with Crippen LogP contribution in [-0.4, -0.2) is 49.4 Å². The Kier molecular flexibility index (Phi) is 4.18. The van der Waals surface area contributed by atoms with E-state index in [-0.39, 0.29) is 29.7 Å². The van der Waals surface area contributed by atoms with Gasteiger partial charge in [0, 0.05) is 43.9 Å². The molecule has 9 heteroatoms. The Hall–Kier alpha value is -3.20. The monoisotopic (exact) mass is 410 g/mol. The maximum atomic E-state index is 15.4. The third-order valence-corrected chi connectivity index (χ3v) is 5.72. The number of piperidine rings is 1. The van der Waals surface area contributed by atoms with Gasteiger partial charge in [-0.1, -0.05) is 0 Å². The Labute approximate surface area is 170 Å². The maximum absolute atomic E-state index is 15.4. The molecule has 4 aromatic rings. The number of aryl methyl sites for hydroxylation is 1. The highest BCUT2D eigenvalue weighted by Crippen LogP contribution is 2.34. The fraction of sp³-hybridized carbons (Fsp3) is 0.333. The topological polar surface area (TPSA) is 79.2 Å². The van der Waals surface area contributed by atoms with E-state index in [1.807, 2.05) is 11.9 Å². The Balaban J connectivity index is 1.59. The molecule has 0 radical (unpaired) electrons. The molecule has 0 bridgehead atoms. The number of likely N-dealkylation sites (tertiary alicyclic amines) is 1. The Morgan fingerprint density at radius 3 is 2.70 bits per heavy atom. The van der Waals surface area contributed by atoms with Gasteiger partial charge in [0.05, 0.1) is 28.5 Å². The van der Waals surface area contributed by atoms with Gasteiger partial charge >= 0.3 is 0 Å². The molecule has 5 rings (SSSR count). The van der Waals surface area contributed by atoms with Crippen LogP contribution in [0.15, 0.2) is 35.5 Å². The van der Waals surface area contributed by atoms with Gasteiger partial charge in [-0.25, -0.2) is 18.7 Å². The first-order valence-corrected chi connectivity index (χ1v) is 9.76. The van der Waals surface area contributed by atoms with E-state index < -0.39 is 17.0 Å². The molecule has 1 N–H and O–H groups in total. The van der Waals surface area contributed by atoms with E-state index in [4.69, 9.17) is 0 Å². The number of aromatic amines is 1. The molecule has 1 aliphatic rings. The van der Waals surface area contributed by atoms with Crippen molar-refractivity contribution in [2.45, 2.75) is 25.4 Å². The highest BCUT2D eigenvalue weighted by Gasteiger charge is 2.38. The van der Waals surface area contributed by atoms with Crippen LogP contribution >= 0.6 is 0 Å². The summed E-state index contributed by atoms with van der Waals surface area (Å²) >= 11 is 0. The lowest BCUT2D eigenvalue weighted by molar-refractivity contribution is 0.0591. The van der Waals surface area contributed by atoms with Crippen molar-refractivity contribution in [3.63, 3.8) is 0 Å². The van der Waals surface area contributed by atoms with E-state index in [0.717, 1.165) is 0 Å². The lowest BCUT2D eigenvalue weighted by Gasteiger charge is -2.33. The number of nitrogens with one attached hydrogen (secondary N) is 1. The van der Waals surface area contributed by atoms with Crippen LogP contribution in [0.4, 0.5) is 8.78 Å². The first kappa shape index (κ1) is 18.8. The molecule has 0 unspecified atom stereocenters. The van der Waals surface area contributed by atoms with Crippen LogP contribution in [0, 0.1) is 12.7 Å². The molecule has 0 atom stereocenters. The minimum atomic E-state index is -1.66. The summed E-state index contributed by atoms with van der Waals surface area (Å²) in [4.78, 5) is 30.2. The van der Waals surface area contributed by atoms with Crippen LogP contribution in [0.1, 0.15) is 24.4 Å². The summed E-state index contributed by atoms with van der Waals surface area (Å²) in [7, 11) is 1.94. The number of hydrogen-bond acceptors (Lipinski definition) is 5. The number of H-pyrrole nitrogens is 1. The van der Waals surface area contributed by atoms with Crippen molar-refractivity contribution < 1.29 is 8.78 Å². The third-order valence-electron chi connectivity index (χ3n) is 5.72. The van der Waals surface area contributed by atoms with Crippen molar-refractivity contribution in [3.05, 3.63) is 58.4 Å². The quantitative estimate of drug-likeness (QED) is 0.550. The Morgan fingerprint density at radius 1 is 1.17 bits per heavy atom. The third kappa shape index (κ3) is 3.06. The molecule has 0 aromatic carbocycles. The van der Waals surface area contributed by atoms with Crippen LogP contribution in [0.5, 0.6) is 0 Å². The standard InChI is InChI=1S/C21H20F2N6O/c1-12-10-29-11-13(7-15(22)18(29)25-12)16-8-14-17(9-24-16)26-20(27-19(14)30)21(23)3-5-28(2)6-4-21/h7-11H,3-6H2,1-2H3,(H,26,27,30). The molecular formula is C21H20F2N6O. The normalized spacial score (nSPS) is 17.1. The van der Waals surface area contributed by atoms with Crippen LogP contribution in [0.2, 0.25) is 0 Å². The van der Waals surface area contributed by atoms with E-state index >= 15 is 4.39 Å². The summed E-state index contributed by atoms with van der Waals surface area (Å²) < 4.78 is 31.4. The molecule has 1 saturated heterocycles. The number of hydrogen-bond donors (Lipinski definition) is 1. The minimum Gasteiger partial charge on any atom is -0.307 e. The molecule has 1 fully saturated rings. The molecular weight excluding hydrogens is 390 g/mol. The molecule has 154 valence electrons. The second kappa shape index (κ2) is 6.66. The van der Waals surface area contributed by atoms with Gasteiger partial charge in [0.25, 0.3) is 5.56 Å². The number of pyridine rings is 2. The smallest absolute Gasteiger partial charge is 0.258 e. The largest absolute Gasteiger partial charge is 0.307 e. The van der Waals surface area contributed by atoms with Crippen molar-refractivity contribution >= 4 is 16.6 Å². The zero-order chi connectivity index (χ0) is 21.0. The molecule has 30 heavy (non-hydrogen) atoms. The van der Waals surface area contributed by atoms with Gasteiger partial charge in [-0.15, -0.1) is 0 Å². The first-order chi connectivity index (χ1) is 14.3. The molecule has 0 saturated carbocycles. The molecule has 5 heterocycles. The van der Waals surface area contributed by atoms with Gasteiger partial charge in [0.1, 0.15) is 5.82 Å². The van der Waals surface area contributed by atoms with Gasteiger partial charge in [0.2, 0.25) is 0 Å². The Morgan fingerprint density at radius 2 is 1.93 bits per heavy atom. The van der Waals surface area contributed by atoms with Gasteiger partial charge < -0.3 is 14.3 Å². The van der Waals surface area contributed by atoms with E-state index in [0.29, 0.717) is 35.6 Å². The fourth-order valence-electron chi connectivity index (χ4n) is 3.94. The number of aromatic nitrogens is 5. The second-order valence-corrected chi connectivity index (χ2v) is 7.96. The molecule has 0 amide bonds. The van der Waals surface area contributed by atoms with Crippen molar-refractivity contribution in [1.82, 2.24) is 29.2 Å². The Bertz CT molecular complexity index is 1340. The zero-order valence-electron chi connectivity index (χ0n) is 16.6. The van der Waals surface area contributed by atoms with E-state index in [1.165, 1.54) is 12.3 Å². The summed E-state index contributed by atoms with van der Waals surface area (Å²) in [6.45, 7) is 2.97. The number of alkyl halides is 1. The van der Waals surface area contributed by atoms with Crippen molar-refractivity contribution in [1.29, 1.82) is 0 Å². The van der Waals surface area contributed by atoms with Gasteiger partial charge in [0.15, 0.2) is 17.1 Å². The fourth-order valence-corrected chi connectivity index (χ4v) is 3.94. The molecule has 7 nitrogen and oxygen atoms in total. The summed E-state index contributed by atoms with van der Waals surface area (Å²) in [6, 6.07) is 2.88. The lowest BCUT2D eigenvalue weighted by atomic mass is 9.92. The van der Waals surface area contributed by atoms with Crippen molar-refractivity contribution in [3.8, 4) is 11.3 Å². The highest BCUT2D eigenvalue weighted by molar-refractivity contribution is 5.81. The minimum absolute atomic E-state index is 0.0454. The molecule has 0 spiro atoms. The van der Waals surface area contributed by atoms with Gasteiger partial charge in [-0.3, -0.25) is 9.78 Å². The summed E-state index contributed by atoms with van der Waals surface area (Å²) in [5.74, 6) is -0.435. The van der Waals surface area contributed by atoms with Gasteiger partial charge in [-0.05, 0) is 26.1 Å². The summed E-state index contributed by atoms with van der Waals surface area (Å²) in [5, 5.41) is 0.280. The number of halogens is 2. The first-order valence-electron chi connectivity index (χ1n) is 9.76. The number of fused-ring (bicyclic) bond motifs is 2. The SMILES string of the molecule is Cc1cn2cc(-c3cc4c(=O)[nH]c(C5(F)CCN(C)CC5)nc4cn3)cc(F)c2n1. The number of nitrogens with zero attached hydrogens (tertiary/aromatic N) is 5. The van der Waals surface area contributed by atoms with Crippen molar-refractivity contribution in [2.24, 2.45) is 0 Å². The number of rotatable bonds is 2. The number of imidazole rings is 1. The van der Waals surface area contributed by atoms with Crippen LogP contribution in [0.25, 0.3) is 27.8 Å². The van der Waals surface area contributed by atoms with Crippen LogP contribution < -0.4 is 5.56 Å². The zero-order valence-corrected chi connectivity index (χ0v) is 16.6. The van der Waals surface area contributed by atoms with Crippen LogP contribution in [-0.2, 0) is 5.67 Å². The summed E-state index contributed by atoms with van der Waals surface area (Å²) in [6.07, 6.45) is 5.40. The van der Waals surface area contributed by atoms with E-state index in [9.17, 15) is 9.18 Å². The lowest BCUT2D eigenvalue weighted by Crippen LogP contribution is -2.39. The predicted octanol–water partition coefficient (Wildman–Crippen LogP) is 2.97. The van der Waals surface area contributed by atoms with Gasteiger partial charge in [-0.2, -0.15) is 0 Å². The van der Waals surface area contributed by atoms with Crippen molar-refractivity contribution in [2.75, 3.05) is 20.1 Å². The van der Waals surface area contributed by atoms with E-state index in [2.05, 4.69) is 19.9 Å². The molecule has 0 aliphatic carbocycles.